The van der Waals surface area contributed by atoms with Gasteiger partial charge in [0.25, 0.3) is 0 Å². The fourth-order valence-corrected chi connectivity index (χ4v) is 2.80. The van der Waals surface area contributed by atoms with Crippen LogP contribution in [0.5, 0.6) is 0 Å². The van der Waals surface area contributed by atoms with Gasteiger partial charge in [0.05, 0.1) is 17.3 Å². The Morgan fingerprint density at radius 1 is 1.00 bits per heavy atom. The van der Waals surface area contributed by atoms with Gasteiger partial charge in [-0.3, -0.25) is 0 Å². The lowest BCUT2D eigenvalue weighted by Crippen LogP contribution is -2.41. The summed E-state index contributed by atoms with van der Waals surface area (Å²) in [5, 5.41) is 9.58. The second-order valence-corrected chi connectivity index (χ2v) is 7.26. The normalized spacial score (nSPS) is 21.4. The van der Waals surface area contributed by atoms with Crippen LogP contribution in [0.2, 0.25) is 0 Å². The van der Waals surface area contributed by atoms with Gasteiger partial charge in [0, 0.05) is 24.7 Å². The molecule has 2 fully saturated rings. The third kappa shape index (κ3) is 5.21. The number of hydrogen-bond donors (Lipinski definition) is 1. The van der Waals surface area contributed by atoms with E-state index in [1.54, 1.807) is 0 Å². The Labute approximate surface area is 160 Å². The zero-order valence-corrected chi connectivity index (χ0v) is 17.9. The highest BCUT2D eigenvalue weighted by Gasteiger charge is 2.51. The van der Waals surface area contributed by atoms with Crippen molar-refractivity contribution in [2.45, 2.75) is 85.5 Å². The molecule has 5 nitrogen and oxygen atoms in total. The van der Waals surface area contributed by atoms with E-state index in [2.05, 4.69) is 9.88 Å². The topological polar surface area (TPSA) is 54.8 Å². The molecule has 0 radical (unpaired) electrons. The molecule has 3 rings (SSSR count). The molecule has 0 unspecified atom stereocenters. The van der Waals surface area contributed by atoms with Crippen molar-refractivity contribution in [3.8, 4) is 0 Å². The molecular formula is C20H37BN2O3. The third-order valence-corrected chi connectivity index (χ3v) is 5.08. The molecule has 148 valence electrons. The molecule has 3 heterocycles. The second-order valence-electron chi connectivity index (χ2n) is 7.26. The van der Waals surface area contributed by atoms with Gasteiger partial charge in [-0.05, 0) is 46.6 Å². The fraction of sp³-hybridized carbons (Fsp3) is 0.750. The summed E-state index contributed by atoms with van der Waals surface area (Å²) in [6.45, 7) is 17.9. The zero-order valence-electron chi connectivity index (χ0n) is 17.9. The number of pyridine rings is 1. The average molecular weight is 364 g/mol. The largest absolute Gasteiger partial charge is 0.496 e. The van der Waals surface area contributed by atoms with E-state index < -0.39 is 0 Å². The molecule has 1 aromatic rings. The van der Waals surface area contributed by atoms with Gasteiger partial charge in [0.15, 0.2) is 0 Å². The monoisotopic (exact) mass is 364 g/mol. The molecule has 0 spiro atoms. The molecule has 0 saturated carbocycles. The van der Waals surface area contributed by atoms with E-state index in [0.29, 0.717) is 0 Å². The van der Waals surface area contributed by atoms with E-state index in [1.807, 2.05) is 73.7 Å². The summed E-state index contributed by atoms with van der Waals surface area (Å²) in [6.07, 6.45) is 3.28. The fourth-order valence-electron chi connectivity index (χ4n) is 2.80. The highest BCUT2D eigenvalue weighted by molar-refractivity contribution is 6.62. The maximum atomic E-state index is 9.58. The van der Waals surface area contributed by atoms with E-state index in [1.165, 1.54) is 0 Å². The van der Waals surface area contributed by atoms with Gasteiger partial charge in [-0.15, -0.1) is 0 Å². The molecule has 0 aromatic carbocycles. The van der Waals surface area contributed by atoms with Crippen molar-refractivity contribution in [1.29, 1.82) is 0 Å². The van der Waals surface area contributed by atoms with Gasteiger partial charge in [-0.25, -0.2) is 4.98 Å². The van der Waals surface area contributed by atoms with Crippen molar-refractivity contribution in [2.75, 3.05) is 18.0 Å². The van der Waals surface area contributed by atoms with Gasteiger partial charge in [0.1, 0.15) is 5.82 Å². The highest BCUT2D eigenvalue weighted by Crippen LogP contribution is 2.36. The van der Waals surface area contributed by atoms with Crippen LogP contribution < -0.4 is 10.4 Å². The molecule has 6 heteroatoms. The molecule has 1 N–H and O–H groups in total. The van der Waals surface area contributed by atoms with Crippen LogP contribution in [-0.2, 0) is 9.31 Å². The van der Waals surface area contributed by atoms with E-state index in [4.69, 9.17) is 9.31 Å². The number of hydrogen-bond acceptors (Lipinski definition) is 5. The first-order valence-electron chi connectivity index (χ1n) is 10.0. The van der Waals surface area contributed by atoms with Gasteiger partial charge >= 0.3 is 7.12 Å². The highest BCUT2D eigenvalue weighted by atomic mass is 16.7. The summed E-state index contributed by atoms with van der Waals surface area (Å²) in [5.41, 5.74) is 0.276. The lowest BCUT2D eigenvalue weighted by atomic mass is 9.80. The second kappa shape index (κ2) is 9.72. The van der Waals surface area contributed by atoms with E-state index in [9.17, 15) is 5.11 Å². The van der Waals surface area contributed by atoms with Gasteiger partial charge in [-0.1, -0.05) is 33.8 Å². The first kappa shape index (κ1) is 22.9. The molecule has 1 aromatic heterocycles. The summed E-state index contributed by atoms with van der Waals surface area (Å²) >= 11 is 0. The van der Waals surface area contributed by atoms with Crippen molar-refractivity contribution in [1.82, 2.24) is 4.98 Å². The maximum Gasteiger partial charge on any atom is 0.496 e. The first-order valence-corrected chi connectivity index (χ1v) is 10.0. The number of rotatable bonds is 2. The van der Waals surface area contributed by atoms with Crippen molar-refractivity contribution >= 4 is 18.4 Å². The van der Waals surface area contributed by atoms with Gasteiger partial charge in [-0.2, -0.15) is 0 Å². The SMILES string of the molecule is CC.CC.CC1(C)OB(c2ccc(N3CCC(O)CC3)nc2)OC1(C)C. The van der Waals surface area contributed by atoms with Crippen LogP contribution in [0.25, 0.3) is 0 Å². The molecule has 0 aliphatic carbocycles. The summed E-state index contributed by atoms with van der Waals surface area (Å²) < 4.78 is 12.1. The summed E-state index contributed by atoms with van der Waals surface area (Å²) in [5.74, 6) is 0.951. The van der Waals surface area contributed by atoms with Crippen LogP contribution in [0, 0.1) is 0 Å². The lowest BCUT2D eigenvalue weighted by molar-refractivity contribution is 0.00578. The van der Waals surface area contributed by atoms with Crippen molar-refractivity contribution in [2.24, 2.45) is 0 Å². The zero-order chi connectivity index (χ0) is 20.0. The van der Waals surface area contributed by atoms with E-state index in [0.717, 1.165) is 37.2 Å². The molecule has 26 heavy (non-hydrogen) atoms. The molecular weight excluding hydrogens is 327 g/mol. The predicted octanol–water partition coefficient (Wildman–Crippen LogP) is 3.39. The molecule has 0 bridgehead atoms. The number of nitrogens with zero attached hydrogens (tertiary/aromatic N) is 2. The average Bonchev–Trinajstić information content (AvgIpc) is 2.87. The maximum absolute atomic E-state index is 9.58. The Balaban J connectivity index is 0.000000791. The van der Waals surface area contributed by atoms with Crippen LogP contribution in [0.1, 0.15) is 68.2 Å². The van der Waals surface area contributed by atoms with Crippen LogP contribution in [0.15, 0.2) is 18.3 Å². The Morgan fingerprint density at radius 2 is 1.50 bits per heavy atom. The minimum absolute atomic E-state index is 0.166. The van der Waals surface area contributed by atoms with Crippen molar-refractivity contribution in [3.05, 3.63) is 18.3 Å². The van der Waals surface area contributed by atoms with Crippen molar-refractivity contribution in [3.63, 3.8) is 0 Å². The van der Waals surface area contributed by atoms with Crippen LogP contribution in [0.3, 0.4) is 0 Å². The van der Waals surface area contributed by atoms with E-state index in [-0.39, 0.29) is 24.4 Å². The number of aliphatic hydroxyl groups is 1. The molecule has 2 aliphatic heterocycles. The summed E-state index contributed by atoms with van der Waals surface area (Å²) in [4.78, 5) is 6.76. The van der Waals surface area contributed by atoms with Crippen LogP contribution in [0.4, 0.5) is 5.82 Å². The number of aromatic nitrogens is 1. The smallest absolute Gasteiger partial charge is 0.399 e. The van der Waals surface area contributed by atoms with Crippen molar-refractivity contribution < 1.29 is 14.4 Å². The Hall–Kier alpha value is -1.11. The quantitative estimate of drug-likeness (QED) is 0.816. The molecule has 2 saturated heterocycles. The summed E-state index contributed by atoms with van der Waals surface area (Å²) in [6, 6.07) is 4.04. The molecule has 0 atom stereocenters. The Kier molecular flexibility index (Phi) is 8.58. The third-order valence-electron chi connectivity index (χ3n) is 5.08. The molecule has 0 amide bonds. The van der Waals surface area contributed by atoms with E-state index >= 15 is 0 Å². The molecule has 2 aliphatic rings. The summed E-state index contributed by atoms with van der Waals surface area (Å²) in [7, 11) is -0.366. The van der Waals surface area contributed by atoms with Crippen LogP contribution in [-0.4, -0.2) is 47.6 Å². The number of piperidine rings is 1. The number of aliphatic hydroxyl groups excluding tert-OH is 1. The predicted molar refractivity (Wildman–Crippen MR) is 110 cm³/mol. The first-order chi connectivity index (χ1) is 12.3. The van der Waals surface area contributed by atoms with Gasteiger partial charge in [0.2, 0.25) is 0 Å². The Morgan fingerprint density at radius 3 is 1.92 bits per heavy atom. The minimum Gasteiger partial charge on any atom is -0.399 e. The van der Waals surface area contributed by atoms with Crippen LogP contribution >= 0.6 is 0 Å². The van der Waals surface area contributed by atoms with Gasteiger partial charge < -0.3 is 19.3 Å². The number of anilines is 1. The standard InChI is InChI=1S/C16H25BN2O3.2C2H6/c1-15(2)16(3,4)22-17(21-15)12-5-6-14(18-11-12)19-9-7-13(20)8-10-19;2*1-2/h5-6,11,13,20H,7-10H2,1-4H3;2*1-2H3. The Bertz CT molecular complexity index is 510. The minimum atomic E-state index is -0.366. The lowest BCUT2D eigenvalue weighted by Gasteiger charge is -2.32.